The Hall–Kier alpha value is -6.08. The van der Waals surface area contributed by atoms with Gasteiger partial charge in [0.1, 0.15) is 22.8 Å². The molecule has 0 bridgehead atoms. The third kappa shape index (κ3) is 13.2. The summed E-state index contributed by atoms with van der Waals surface area (Å²) in [5.41, 5.74) is 0.877. The van der Waals surface area contributed by atoms with Crippen molar-refractivity contribution in [2.24, 2.45) is 0 Å². The predicted octanol–water partition coefficient (Wildman–Crippen LogP) is 5.68. The molecular weight excluding hydrogens is 920 g/mol. The van der Waals surface area contributed by atoms with Gasteiger partial charge in [-0.05, 0) is 75.4 Å². The second-order valence-corrected chi connectivity index (χ2v) is 18.0. The molecular formula is C37H40Cl2FN7O14S2. The number of benzene rings is 2. The van der Waals surface area contributed by atoms with Crippen molar-refractivity contribution in [1.82, 2.24) is 23.4 Å². The minimum atomic E-state index is -4.60. The topological polar surface area (TPSA) is 272 Å². The number of amides is 4. The highest BCUT2D eigenvalue weighted by atomic mass is 35.5. The maximum Gasteiger partial charge on any atom is 0.427 e. The summed E-state index contributed by atoms with van der Waals surface area (Å²) in [6, 6.07) is 9.22. The highest BCUT2D eigenvalue weighted by molar-refractivity contribution is 8.03. The first-order chi connectivity index (χ1) is 29.6. The van der Waals surface area contributed by atoms with Crippen LogP contribution in [0.3, 0.4) is 0 Å². The maximum absolute atomic E-state index is 14.3. The Bertz CT molecular complexity index is 2630. The molecule has 0 radical (unpaired) electrons. The van der Waals surface area contributed by atoms with Gasteiger partial charge in [-0.3, -0.25) is 15.1 Å². The number of cyclic esters (lactones) is 1. The summed E-state index contributed by atoms with van der Waals surface area (Å²) in [6.07, 6.45) is 5.27. The molecule has 0 atom stereocenters. The number of carbonyl (C=O) groups is 4. The maximum atomic E-state index is 14.3. The molecule has 4 amide bonds. The van der Waals surface area contributed by atoms with Crippen molar-refractivity contribution < 1.29 is 69.2 Å². The lowest BCUT2D eigenvalue weighted by Crippen LogP contribution is -2.45. The quantitative estimate of drug-likeness (QED) is 0.144. The highest BCUT2D eigenvalue weighted by Crippen LogP contribution is 2.38. The normalized spacial score (nSPS) is 13.9. The number of aromatic nitrogens is 3. The van der Waals surface area contributed by atoms with Crippen LogP contribution in [0.15, 0.2) is 60.0 Å². The molecule has 6 rings (SSSR count). The van der Waals surface area contributed by atoms with Gasteiger partial charge in [-0.1, -0.05) is 26.9 Å². The largest absolute Gasteiger partial charge is 0.489 e. The number of carboxylic acids is 1. The molecule has 63 heavy (non-hydrogen) atoms. The summed E-state index contributed by atoms with van der Waals surface area (Å²) in [5, 5.41) is 12.0. The van der Waals surface area contributed by atoms with Crippen molar-refractivity contribution >= 4 is 90.0 Å². The third-order valence-corrected chi connectivity index (χ3v) is 12.5. The minimum absolute atomic E-state index is 0.00654. The number of methoxy groups -OCH3 is 2. The molecule has 2 aromatic carbocycles. The first-order valence-electron chi connectivity index (χ1n) is 18.1. The van der Waals surface area contributed by atoms with Gasteiger partial charge < -0.3 is 28.8 Å². The fraction of sp³-hybridized carbons (Fsp3) is 0.324. The Labute approximate surface area is 370 Å². The van der Waals surface area contributed by atoms with Crippen molar-refractivity contribution in [2.75, 3.05) is 44.3 Å². The smallest absolute Gasteiger partial charge is 0.427 e. The van der Waals surface area contributed by atoms with Gasteiger partial charge in [0.25, 0.3) is 0 Å². The fourth-order valence-electron chi connectivity index (χ4n) is 5.37. The standard InChI is InChI=1S/C17H17ClFNO4.C11H8ClNO3.C9H15N5O7S2/c1-9(2)15-16(21)20(17(22)24-15)13-8-14(11(18)7-12(13)19)23-10-5-3-4-6-10;12-8-3-4-9(16-6-10(14)15)11-7(8)2-1-5-13-11;1-14(22(4,16)17)23(18,19)13-9(15)12-8-10-6(20-2)5-7(11-8)21-3/h7-8,10H,3-6H2,1-2H3;1-5H,6H2,(H,14,15);5H,1-4H3,(H2,10,11,12,13,15). The van der Waals surface area contributed by atoms with Crippen LogP contribution in [-0.4, -0.2) is 105 Å². The summed E-state index contributed by atoms with van der Waals surface area (Å²) in [5.74, 6) is -2.13. The van der Waals surface area contributed by atoms with Gasteiger partial charge in [-0.15, -0.1) is 0 Å². The van der Waals surface area contributed by atoms with E-state index in [1.54, 1.807) is 44.3 Å². The van der Waals surface area contributed by atoms with Crippen LogP contribution in [0.1, 0.15) is 39.5 Å². The summed E-state index contributed by atoms with van der Waals surface area (Å²) in [4.78, 5) is 58.7. The first kappa shape index (κ1) is 49.6. The molecule has 1 aliphatic carbocycles. The van der Waals surface area contributed by atoms with E-state index in [9.17, 15) is 40.4 Å². The van der Waals surface area contributed by atoms with Gasteiger partial charge in [-0.2, -0.15) is 18.4 Å². The zero-order valence-electron chi connectivity index (χ0n) is 34.2. The van der Waals surface area contributed by atoms with Crippen molar-refractivity contribution in [3.63, 3.8) is 0 Å². The van der Waals surface area contributed by atoms with Crippen LogP contribution in [0.5, 0.6) is 23.3 Å². The molecule has 0 unspecified atom stereocenters. The molecule has 1 aliphatic heterocycles. The summed E-state index contributed by atoms with van der Waals surface area (Å²) >= 11 is 12.0. The van der Waals surface area contributed by atoms with Gasteiger partial charge in [0.2, 0.25) is 27.7 Å². The van der Waals surface area contributed by atoms with Gasteiger partial charge in [-0.25, -0.2) is 36.8 Å². The Balaban J connectivity index is 0.000000212. The molecule has 1 saturated heterocycles. The highest BCUT2D eigenvalue weighted by Gasteiger charge is 2.40. The number of aliphatic carboxylic acids is 1. The van der Waals surface area contributed by atoms with E-state index < -0.39 is 56.7 Å². The molecule has 2 aliphatic rings. The number of pyridine rings is 1. The van der Waals surface area contributed by atoms with E-state index in [0.717, 1.165) is 44.2 Å². The second-order valence-electron chi connectivity index (χ2n) is 13.2. The second kappa shape index (κ2) is 21.3. The predicted molar refractivity (Wildman–Crippen MR) is 225 cm³/mol. The average molecular weight is 961 g/mol. The van der Waals surface area contributed by atoms with Crippen LogP contribution < -0.4 is 33.9 Å². The number of anilines is 2. The first-order valence-corrected chi connectivity index (χ1v) is 22.1. The zero-order valence-corrected chi connectivity index (χ0v) is 37.3. The van der Waals surface area contributed by atoms with Crippen LogP contribution >= 0.6 is 23.2 Å². The molecule has 3 heterocycles. The molecule has 2 aromatic heterocycles. The lowest BCUT2D eigenvalue weighted by molar-refractivity contribution is -0.139. The van der Waals surface area contributed by atoms with Crippen molar-refractivity contribution in [3.05, 3.63) is 75.9 Å². The molecule has 340 valence electrons. The summed E-state index contributed by atoms with van der Waals surface area (Å²) in [7, 11) is -5.27. The van der Waals surface area contributed by atoms with Gasteiger partial charge >= 0.3 is 34.2 Å². The van der Waals surface area contributed by atoms with E-state index in [2.05, 4.69) is 15.0 Å². The number of sulfonamides is 1. The SMILES string of the molecule is CC(C)=C1OC(=O)N(c2cc(OC3CCCC3)c(Cl)cc2F)C1=O.COc1cc(OC)nc(NC(=O)NS(=O)(=O)N(C)S(C)(=O)=O)n1.O=C(O)COc1ccc(Cl)c2cccnc12. The molecule has 3 N–H and O–H groups in total. The van der Waals surface area contributed by atoms with Gasteiger partial charge in [0, 0.05) is 24.7 Å². The minimum Gasteiger partial charge on any atom is -0.489 e. The number of allylic oxidation sites excluding steroid dienone is 1. The summed E-state index contributed by atoms with van der Waals surface area (Å²) < 4.78 is 87.2. The molecule has 1 saturated carbocycles. The number of carboxylic acid groups (broad SMARTS) is 1. The average Bonchev–Trinajstić information content (AvgIpc) is 3.84. The van der Waals surface area contributed by atoms with E-state index in [4.69, 9.17) is 52.0 Å². The van der Waals surface area contributed by atoms with E-state index in [0.29, 0.717) is 33.0 Å². The number of rotatable bonds is 12. The number of nitrogens with one attached hydrogen (secondary N) is 2. The number of hydrogen-bond donors (Lipinski definition) is 3. The van der Waals surface area contributed by atoms with E-state index in [1.807, 2.05) is 5.32 Å². The van der Waals surface area contributed by atoms with Gasteiger partial charge in [0.15, 0.2) is 12.4 Å². The number of imide groups is 1. The van der Waals surface area contributed by atoms with Crippen LogP contribution in [-0.2, 0) is 34.6 Å². The van der Waals surface area contributed by atoms with Crippen molar-refractivity contribution in [1.29, 1.82) is 0 Å². The van der Waals surface area contributed by atoms with Crippen LogP contribution in [0, 0.1) is 5.82 Å². The number of ether oxygens (including phenoxy) is 5. The number of carbonyl (C=O) groups excluding carboxylic acids is 3. The third-order valence-electron chi connectivity index (χ3n) is 8.44. The Morgan fingerprint density at radius 2 is 1.62 bits per heavy atom. The van der Waals surface area contributed by atoms with Crippen LogP contribution in [0.2, 0.25) is 10.0 Å². The number of hydrogen-bond acceptors (Lipinski definition) is 16. The van der Waals surface area contributed by atoms with E-state index in [-0.39, 0.29) is 49.7 Å². The molecule has 26 heteroatoms. The van der Waals surface area contributed by atoms with Gasteiger partial charge in [0.05, 0.1) is 48.4 Å². The Morgan fingerprint density at radius 1 is 0.984 bits per heavy atom. The van der Waals surface area contributed by atoms with Crippen LogP contribution in [0.25, 0.3) is 10.9 Å². The number of nitrogens with zero attached hydrogens (tertiary/aromatic N) is 5. The lowest BCUT2D eigenvalue weighted by atomic mass is 10.2. The molecule has 2 fully saturated rings. The molecule has 4 aromatic rings. The number of fused-ring (bicyclic) bond motifs is 1. The monoisotopic (exact) mass is 959 g/mol. The Kier molecular flexibility index (Phi) is 16.8. The molecule has 21 nitrogen and oxygen atoms in total. The summed E-state index contributed by atoms with van der Waals surface area (Å²) in [6.45, 7) is 2.88. The van der Waals surface area contributed by atoms with Crippen molar-refractivity contribution in [2.45, 2.75) is 45.6 Å². The Morgan fingerprint density at radius 3 is 2.17 bits per heavy atom. The lowest BCUT2D eigenvalue weighted by Gasteiger charge is -2.18. The molecule has 0 spiro atoms. The zero-order chi connectivity index (χ0) is 46.8. The van der Waals surface area contributed by atoms with Crippen LogP contribution in [0.4, 0.5) is 25.6 Å². The number of halogens is 3. The number of urea groups is 1. The van der Waals surface area contributed by atoms with E-state index in [1.165, 1.54) is 31.1 Å². The van der Waals surface area contributed by atoms with Crippen molar-refractivity contribution in [3.8, 4) is 23.3 Å². The van der Waals surface area contributed by atoms with E-state index >= 15 is 0 Å². The fourth-order valence-corrected chi connectivity index (χ4v) is 7.74.